The first-order valence-electron chi connectivity index (χ1n) is 7.04. The number of hydrogen-bond acceptors (Lipinski definition) is 2. The molecular formula is C16H25FO2. The maximum atomic E-state index is 13.7. The summed E-state index contributed by atoms with van der Waals surface area (Å²) in [6, 6.07) is 5.06. The Morgan fingerprint density at radius 3 is 2.53 bits per heavy atom. The summed E-state index contributed by atoms with van der Waals surface area (Å²) in [7, 11) is 1.46. The Balaban J connectivity index is 2.86. The number of aliphatic hydroxyl groups is 1. The van der Waals surface area contributed by atoms with Crippen LogP contribution in [0, 0.1) is 11.2 Å². The SMILES string of the molecule is CCCCC(CC)(CO)Cc1ccc(OC)c(F)c1. The summed E-state index contributed by atoms with van der Waals surface area (Å²) in [6.07, 6.45) is 4.79. The molecule has 3 heteroatoms. The van der Waals surface area contributed by atoms with Gasteiger partial charge in [-0.05, 0) is 42.4 Å². The highest BCUT2D eigenvalue weighted by Gasteiger charge is 2.27. The molecule has 1 N–H and O–H groups in total. The number of benzene rings is 1. The van der Waals surface area contributed by atoms with Gasteiger partial charge in [-0.25, -0.2) is 4.39 Å². The van der Waals surface area contributed by atoms with Gasteiger partial charge in [0, 0.05) is 6.61 Å². The van der Waals surface area contributed by atoms with E-state index in [2.05, 4.69) is 13.8 Å². The van der Waals surface area contributed by atoms with Crippen LogP contribution in [-0.4, -0.2) is 18.8 Å². The van der Waals surface area contributed by atoms with Crippen LogP contribution >= 0.6 is 0 Å². The first-order valence-corrected chi connectivity index (χ1v) is 7.04. The van der Waals surface area contributed by atoms with E-state index in [1.807, 2.05) is 6.07 Å². The number of hydrogen-bond donors (Lipinski definition) is 1. The van der Waals surface area contributed by atoms with Crippen molar-refractivity contribution in [3.8, 4) is 5.75 Å². The van der Waals surface area contributed by atoms with Crippen LogP contribution in [-0.2, 0) is 6.42 Å². The molecule has 1 aromatic carbocycles. The lowest BCUT2D eigenvalue weighted by molar-refractivity contribution is 0.107. The summed E-state index contributed by atoms with van der Waals surface area (Å²) in [5.41, 5.74) is 0.794. The van der Waals surface area contributed by atoms with Crippen molar-refractivity contribution in [2.24, 2.45) is 5.41 Å². The van der Waals surface area contributed by atoms with Crippen molar-refractivity contribution >= 4 is 0 Å². The van der Waals surface area contributed by atoms with E-state index < -0.39 is 0 Å². The van der Waals surface area contributed by atoms with Gasteiger partial charge in [-0.1, -0.05) is 32.8 Å². The first kappa shape index (κ1) is 16.0. The van der Waals surface area contributed by atoms with Crippen LogP contribution in [0.4, 0.5) is 4.39 Å². The summed E-state index contributed by atoms with van der Waals surface area (Å²) in [4.78, 5) is 0. The van der Waals surface area contributed by atoms with E-state index in [1.165, 1.54) is 13.2 Å². The highest BCUT2D eigenvalue weighted by molar-refractivity contribution is 5.30. The Hall–Kier alpha value is -1.09. The lowest BCUT2D eigenvalue weighted by Crippen LogP contribution is -2.27. The molecule has 1 aromatic rings. The van der Waals surface area contributed by atoms with Crippen LogP contribution in [0.5, 0.6) is 5.75 Å². The maximum Gasteiger partial charge on any atom is 0.165 e. The lowest BCUT2D eigenvalue weighted by atomic mass is 9.76. The third-order valence-electron chi connectivity index (χ3n) is 3.94. The molecule has 19 heavy (non-hydrogen) atoms. The smallest absolute Gasteiger partial charge is 0.165 e. The second-order valence-electron chi connectivity index (χ2n) is 5.26. The minimum absolute atomic E-state index is 0.128. The van der Waals surface area contributed by atoms with Gasteiger partial charge in [0.1, 0.15) is 0 Å². The summed E-state index contributed by atoms with van der Waals surface area (Å²) in [6.45, 7) is 4.38. The van der Waals surface area contributed by atoms with E-state index in [9.17, 15) is 9.50 Å². The van der Waals surface area contributed by atoms with Crippen molar-refractivity contribution < 1.29 is 14.2 Å². The molecule has 0 amide bonds. The van der Waals surface area contributed by atoms with Crippen LogP contribution < -0.4 is 4.74 Å². The molecule has 0 fully saturated rings. The van der Waals surface area contributed by atoms with E-state index in [1.54, 1.807) is 6.07 Å². The Labute approximate surface area is 115 Å². The van der Waals surface area contributed by atoms with Crippen LogP contribution in [0.15, 0.2) is 18.2 Å². The zero-order valence-corrected chi connectivity index (χ0v) is 12.2. The molecule has 0 aromatic heterocycles. The molecule has 1 rings (SSSR count). The molecule has 1 atom stereocenters. The standard InChI is InChI=1S/C16H25FO2/c1-4-6-9-16(5-2,12-18)11-13-7-8-15(19-3)14(17)10-13/h7-8,10,18H,4-6,9,11-12H2,1-3H3. The second kappa shape index (κ2) is 7.49. The number of aliphatic hydroxyl groups excluding tert-OH is 1. The quantitative estimate of drug-likeness (QED) is 0.773. The molecule has 0 aliphatic rings. The number of methoxy groups -OCH3 is 1. The summed E-state index contributed by atoms with van der Waals surface area (Å²) < 4.78 is 18.6. The van der Waals surface area contributed by atoms with Crippen molar-refractivity contribution in [2.75, 3.05) is 13.7 Å². The van der Waals surface area contributed by atoms with Crippen LogP contribution in [0.25, 0.3) is 0 Å². The Morgan fingerprint density at radius 2 is 2.05 bits per heavy atom. The number of ether oxygens (including phenoxy) is 1. The molecule has 0 heterocycles. The van der Waals surface area contributed by atoms with Gasteiger partial charge >= 0.3 is 0 Å². The van der Waals surface area contributed by atoms with E-state index in [0.717, 1.165) is 31.2 Å². The van der Waals surface area contributed by atoms with Crippen LogP contribution in [0.1, 0.15) is 45.1 Å². The number of unbranched alkanes of at least 4 members (excludes halogenated alkanes) is 1. The zero-order chi connectivity index (χ0) is 14.3. The van der Waals surface area contributed by atoms with Gasteiger partial charge in [0.05, 0.1) is 7.11 Å². The normalized spacial score (nSPS) is 14.2. The molecule has 0 saturated heterocycles. The van der Waals surface area contributed by atoms with Crippen molar-refractivity contribution in [3.63, 3.8) is 0 Å². The summed E-state index contributed by atoms with van der Waals surface area (Å²) in [5.74, 6) is -0.0677. The van der Waals surface area contributed by atoms with Crippen molar-refractivity contribution in [3.05, 3.63) is 29.6 Å². The van der Waals surface area contributed by atoms with Gasteiger partial charge in [0.25, 0.3) is 0 Å². The molecule has 0 aliphatic heterocycles. The van der Waals surface area contributed by atoms with Gasteiger partial charge in [-0.15, -0.1) is 0 Å². The molecule has 2 nitrogen and oxygen atoms in total. The molecule has 0 spiro atoms. The van der Waals surface area contributed by atoms with Crippen molar-refractivity contribution in [1.82, 2.24) is 0 Å². The molecule has 0 saturated carbocycles. The fourth-order valence-electron chi connectivity index (χ4n) is 2.44. The van der Waals surface area contributed by atoms with E-state index in [4.69, 9.17) is 4.74 Å². The van der Waals surface area contributed by atoms with Gasteiger partial charge < -0.3 is 9.84 Å². The molecule has 0 bridgehead atoms. The number of rotatable bonds is 8. The Bertz CT molecular complexity index is 386. The number of halogens is 1. The molecular weight excluding hydrogens is 243 g/mol. The topological polar surface area (TPSA) is 29.5 Å². The van der Waals surface area contributed by atoms with E-state index in [-0.39, 0.29) is 23.6 Å². The predicted molar refractivity (Wildman–Crippen MR) is 76.0 cm³/mol. The molecule has 108 valence electrons. The van der Waals surface area contributed by atoms with Gasteiger partial charge in [0.2, 0.25) is 0 Å². The largest absolute Gasteiger partial charge is 0.494 e. The van der Waals surface area contributed by atoms with Gasteiger partial charge in [0.15, 0.2) is 11.6 Å². The average Bonchev–Trinajstić information content (AvgIpc) is 2.44. The summed E-state index contributed by atoms with van der Waals surface area (Å²) in [5, 5.41) is 9.72. The highest BCUT2D eigenvalue weighted by Crippen LogP contribution is 2.33. The molecule has 0 aliphatic carbocycles. The van der Waals surface area contributed by atoms with Crippen molar-refractivity contribution in [2.45, 2.75) is 46.0 Å². The molecule has 0 radical (unpaired) electrons. The van der Waals surface area contributed by atoms with Gasteiger partial charge in [-0.2, -0.15) is 0 Å². The fourth-order valence-corrected chi connectivity index (χ4v) is 2.44. The minimum Gasteiger partial charge on any atom is -0.494 e. The van der Waals surface area contributed by atoms with Crippen LogP contribution in [0.3, 0.4) is 0 Å². The monoisotopic (exact) mass is 268 g/mol. The Kier molecular flexibility index (Phi) is 6.29. The molecule has 1 unspecified atom stereocenters. The lowest BCUT2D eigenvalue weighted by Gasteiger charge is -2.31. The third kappa shape index (κ3) is 4.20. The Morgan fingerprint density at radius 1 is 1.32 bits per heavy atom. The maximum absolute atomic E-state index is 13.7. The van der Waals surface area contributed by atoms with Crippen molar-refractivity contribution in [1.29, 1.82) is 0 Å². The van der Waals surface area contributed by atoms with E-state index >= 15 is 0 Å². The summed E-state index contributed by atoms with van der Waals surface area (Å²) >= 11 is 0. The van der Waals surface area contributed by atoms with E-state index in [0.29, 0.717) is 6.42 Å². The minimum atomic E-state index is -0.335. The van der Waals surface area contributed by atoms with Gasteiger partial charge in [-0.3, -0.25) is 0 Å². The first-order chi connectivity index (χ1) is 9.10. The zero-order valence-electron chi connectivity index (χ0n) is 12.2. The highest BCUT2D eigenvalue weighted by atomic mass is 19.1. The fraction of sp³-hybridized carbons (Fsp3) is 0.625. The third-order valence-corrected chi connectivity index (χ3v) is 3.94. The average molecular weight is 268 g/mol. The predicted octanol–water partition coefficient (Wildman–Crippen LogP) is 3.96. The second-order valence-corrected chi connectivity index (χ2v) is 5.26. The van der Waals surface area contributed by atoms with Crippen LogP contribution in [0.2, 0.25) is 0 Å².